The molecular formula is C26H22F3N5O2. The number of nitrogens with zero attached hydrogens (tertiary/aromatic N) is 4. The predicted molar refractivity (Wildman–Crippen MR) is 127 cm³/mol. The number of aryl methyl sites for hydroxylation is 2. The molecule has 0 aliphatic rings. The number of rotatable bonds is 7. The maximum atomic E-state index is 13.0. The molecule has 0 bridgehead atoms. The summed E-state index contributed by atoms with van der Waals surface area (Å²) in [5, 5.41) is 2.71. The van der Waals surface area contributed by atoms with E-state index < -0.39 is 17.6 Å². The fraction of sp³-hybridized carbons (Fsp3) is 0.192. The van der Waals surface area contributed by atoms with Crippen molar-refractivity contribution in [2.24, 2.45) is 0 Å². The number of benzene rings is 2. The molecule has 1 N–H and O–H groups in total. The Kier molecular flexibility index (Phi) is 7.23. The van der Waals surface area contributed by atoms with E-state index in [2.05, 4.69) is 25.3 Å². The lowest BCUT2D eigenvalue weighted by Crippen LogP contribution is -2.15. The molecule has 2 aromatic heterocycles. The molecule has 0 atom stereocenters. The van der Waals surface area contributed by atoms with Gasteiger partial charge in [0.2, 0.25) is 11.8 Å². The number of hydrogen-bond donors (Lipinski definition) is 1. The van der Waals surface area contributed by atoms with Crippen molar-refractivity contribution in [3.63, 3.8) is 0 Å². The number of anilines is 1. The van der Waals surface area contributed by atoms with E-state index in [1.807, 2.05) is 13.8 Å². The van der Waals surface area contributed by atoms with Crippen LogP contribution in [0.15, 0.2) is 67.1 Å². The van der Waals surface area contributed by atoms with Gasteiger partial charge in [0, 0.05) is 24.4 Å². The van der Waals surface area contributed by atoms with Crippen LogP contribution in [-0.4, -0.2) is 25.8 Å². The Morgan fingerprint density at radius 2 is 1.86 bits per heavy atom. The van der Waals surface area contributed by atoms with Crippen molar-refractivity contribution < 1.29 is 22.7 Å². The molecule has 36 heavy (non-hydrogen) atoms. The summed E-state index contributed by atoms with van der Waals surface area (Å²) in [5.74, 6) is 1.32. The molecule has 7 nitrogen and oxygen atoms in total. The van der Waals surface area contributed by atoms with Gasteiger partial charge in [0.15, 0.2) is 5.82 Å². The van der Waals surface area contributed by atoms with Gasteiger partial charge in [-0.05, 0) is 42.3 Å². The first-order valence-electron chi connectivity index (χ1n) is 11.1. The van der Waals surface area contributed by atoms with Crippen LogP contribution in [0.5, 0.6) is 11.6 Å². The normalized spacial score (nSPS) is 11.2. The van der Waals surface area contributed by atoms with Crippen molar-refractivity contribution in [2.75, 3.05) is 5.32 Å². The summed E-state index contributed by atoms with van der Waals surface area (Å²) >= 11 is 0. The lowest BCUT2D eigenvalue weighted by molar-refractivity contribution is -0.137. The molecule has 0 spiro atoms. The number of ether oxygens (including phenoxy) is 1. The van der Waals surface area contributed by atoms with Crippen LogP contribution in [0.1, 0.15) is 29.4 Å². The zero-order valence-corrected chi connectivity index (χ0v) is 19.5. The largest absolute Gasteiger partial charge is 0.438 e. The lowest BCUT2D eigenvalue weighted by Gasteiger charge is -2.13. The quantitative estimate of drug-likeness (QED) is 0.350. The number of nitrogens with one attached hydrogen (secondary N) is 1. The lowest BCUT2D eigenvalue weighted by atomic mass is 10.1. The highest BCUT2D eigenvalue weighted by molar-refractivity contribution is 5.92. The summed E-state index contributed by atoms with van der Waals surface area (Å²) in [5.41, 5.74) is 1.25. The van der Waals surface area contributed by atoms with Gasteiger partial charge in [-0.3, -0.25) is 4.79 Å². The Labute approximate surface area is 205 Å². The molecule has 0 radical (unpaired) electrons. The second-order valence-corrected chi connectivity index (χ2v) is 7.94. The smallest absolute Gasteiger partial charge is 0.416 e. The summed E-state index contributed by atoms with van der Waals surface area (Å²) in [6.45, 7) is 3.78. The maximum absolute atomic E-state index is 13.0. The van der Waals surface area contributed by atoms with Crippen molar-refractivity contribution in [1.82, 2.24) is 19.9 Å². The van der Waals surface area contributed by atoms with Crippen molar-refractivity contribution >= 4 is 11.6 Å². The molecule has 4 rings (SSSR count). The highest BCUT2D eigenvalue weighted by atomic mass is 19.4. The number of amides is 1. The standard InChI is InChI=1S/C26H22F3N5O2/c1-3-22-31-15-32-24(34-22)20-8-5-11-30-25(20)36-21-14-19(10-9-16(21)2)33-23(35)13-17-6-4-7-18(12-17)26(27,28)29/h4-12,14-15H,3,13H2,1-2H3,(H,33,35). The van der Waals surface area contributed by atoms with Gasteiger partial charge in [-0.25, -0.2) is 19.9 Å². The van der Waals surface area contributed by atoms with Crippen molar-refractivity contribution in [1.29, 1.82) is 0 Å². The van der Waals surface area contributed by atoms with E-state index in [0.717, 1.165) is 17.7 Å². The van der Waals surface area contributed by atoms with Gasteiger partial charge in [-0.15, -0.1) is 0 Å². The SMILES string of the molecule is CCc1ncnc(-c2cccnc2Oc2cc(NC(=O)Cc3cccc(C(F)(F)F)c3)ccc2C)n1. The summed E-state index contributed by atoms with van der Waals surface area (Å²) in [6.07, 6.45) is -1.02. The topological polar surface area (TPSA) is 89.9 Å². The van der Waals surface area contributed by atoms with Crippen LogP contribution in [-0.2, 0) is 23.8 Å². The van der Waals surface area contributed by atoms with Crippen LogP contribution in [0.25, 0.3) is 11.4 Å². The fourth-order valence-corrected chi connectivity index (χ4v) is 3.41. The van der Waals surface area contributed by atoms with Crippen LogP contribution in [0, 0.1) is 6.92 Å². The molecular weight excluding hydrogens is 471 g/mol. The number of pyridine rings is 1. The molecule has 0 saturated carbocycles. The van der Waals surface area contributed by atoms with Crippen LogP contribution in [0.4, 0.5) is 18.9 Å². The van der Waals surface area contributed by atoms with E-state index in [1.165, 1.54) is 18.5 Å². The van der Waals surface area contributed by atoms with E-state index in [4.69, 9.17) is 4.74 Å². The Balaban J connectivity index is 1.53. The average Bonchev–Trinajstić information content (AvgIpc) is 2.86. The molecule has 2 aromatic carbocycles. The second-order valence-electron chi connectivity index (χ2n) is 7.94. The Morgan fingerprint density at radius 1 is 1.03 bits per heavy atom. The molecule has 0 unspecified atom stereocenters. The predicted octanol–water partition coefficient (Wildman–Crippen LogP) is 5.80. The Bertz CT molecular complexity index is 1390. The summed E-state index contributed by atoms with van der Waals surface area (Å²) < 4.78 is 44.9. The molecule has 184 valence electrons. The molecule has 0 saturated heterocycles. The van der Waals surface area contributed by atoms with Gasteiger partial charge < -0.3 is 10.1 Å². The van der Waals surface area contributed by atoms with Crippen molar-refractivity contribution in [3.05, 3.63) is 89.6 Å². The number of hydrogen-bond acceptors (Lipinski definition) is 6. The van der Waals surface area contributed by atoms with E-state index in [-0.39, 0.29) is 17.9 Å². The molecule has 0 aliphatic carbocycles. The van der Waals surface area contributed by atoms with E-state index in [9.17, 15) is 18.0 Å². The summed E-state index contributed by atoms with van der Waals surface area (Å²) in [7, 11) is 0. The van der Waals surface area contributed by atoms with E-state index in [0.29, 0.717) is 35.1 Å². The maximum Gasteiger partial charge on any atom is 0.416 e. The van der Waals surface area contributed by atoms with Gasteiger partial charge in [0.05, 0.1) is 17.5 Å². The van der Waals surface area contributed by atoms with Crippen LogP contribution < -0.4 is 10.1 Å². The minimum Gasteiger partial charge on any atom is -0.438 e. The Hall–Kier alpha value is -4.34. The number of carbonyl (C=O) groups is 1. The number of carbonyl (C=O) groups excluding carboxylic acids is 1. The molecule has 1 amide bonds. The van der Waals surface area contributed by atoms with Crippen molar-refractivity contribution in [3.8, 4) is 23.0 Å². The Morgan fingerprint density at radius 3 is 2.64 bits per heavy atom. The summed E-state index contributed by atoms with van der Waals surface area (Å²) in [6, 6.07) is 13.3. The minimum absolute atomic E-state index is 0.211. The van der Waals surface area contributed by atoms with Gasteiger partial charge in [-0.2, -0.15) is 13.2 Å². The minimum atomic E-state index is -4.47. The molecule has 10 heteroatoms. The summed E-state index contributed by atoms with van der Waals surface area (Å²) in [4.78, 5) is 29.6. The number of aromatic nitrogens is 4. The average molecular weight is 493 g/mol. The zero-order chi connectivity index (χ0) is 25.7. The first-order chi connectivity index (χ1) is 17.2. The number of halogens is 3. The van der Waals surface area contributed by atoms with Crippen LogP contribution in [0.2, 0.25) is 0 Å². The first kappa shape index (κ1) is 24.8. The van der Waals surface area contributed by atoms with Crippen LogP contribution >= 0.6 is 0 Å². The molecule has 2 heterocycles. The second kappa shape index (κ2) is 10.5. The highest BCUT2D eigenvalue weighted by Crippen LogP contribution is 2.33. The van der Waals surface area contributed by atoms with Gasteiger partial charge >= 0.3 is 6.18 Å². The first-order valence-corrected chi connectivity index (χ1v) is 11.1. The van der Waals surface area contributed by atoms with Gasteiger partial charge in [0.1, 0.15) is 17.9 Å². The third kappa shape index (κ3) is 6.01. The van der Waals surface area contributed by atoms with Crippen LogP contribution in [0.3, 0.4) is 0 Å². The molecule has 0 aliphatic heterocycles. The third-order valence-electron chi connectivity index (χ3n) is 5.25. The fourth-order valence-electron chi connectivity index (χ4n) is 3.41. The van der Waals surface area contributed by atoms with Gasteiger partial charge in [0.25, 0.3) is 0 Å². The monoisotopic (exact) mass is 493 g/mol. The number of alkyl halides is 3. The highest BCUT2D eigenvalue weighted by Gasteiger charge is 2.30. The van der Waals surface area contributed by atoms with Crippen molar-refractivity contribution in [2.45, 2.75) is 32.9 Å². The van der Waals surface area contributed by atoms with Gasteiger partial charge in [-0.1, -0.05) is 31.2 Å². The molecule has 4 aromatic rings. The van der Waals surface area contributed by atoms with E-state index in [1.54, 1.807) is 36.5 Å². The molecule has 0 fully saturated rings. The van der Waals surface area contributed by atoms with E-state index >= 15 is 0 Å². The third-order valence-corrected chi connectivity index (χ3v) is 5.25. The zero-order valence-electron chi connectivity index (χ0n) is 19.5.